The van der Waals surface area contributed by atoms with Crippen molar-refractivity contribution in [3.63, 3.8) is 0 Å². The molecule has 0 heterocycles. The van der Waals surface area contributed by atoms with Crippen molar-refractivity contribution in [3.8, 4) is 5.75 Å². The molecule has 0 aliphatic rings. The molecule has 20 heavy (non-hydrogen) atoms. The van der Waals surface area contributed by atoms with Crippen molar-refractivity contribution < 1.29 is 9.50 Å². The Labute approximate surface area is 127 Å². The van der Waals surface area contributed by atoms with Crippen LogP contribution in [-0.2, 0) is 0 Å². The molecule has 0 fully saturated rings. The Morgan fingerprint density at radius 1 is 1.20 bits per heavy atom. The summed E-state index contributed by atoms with van der Waals surface area (Å²) < 4.78 is 13.8. The lowest BCUT2D eigenvalue weighted by Crippen LogP contribution is -2.11. The summed E-state index contributed by atoms with van der Waals surface area (Å²) in [4.78, 5) is 0. The molecular weight excluding hydrogens is 300 g/mol. The molecule has 0 saturated carbocycles. The molecular formula is C15H14Cl2FNO. The number of benzene rings is 2. The molecule has 2 aromatic rings. The summed E-state index contributed by atoms with van der Waals surface area (Å²) in [5.74, 6) is -0.416. The molecule has 0 amide bonds. The van der Waals surface area contributed by atoms with E-state index in [2.05, 4.69) is 5.32 Å². The maximum Gasteiger partial charge on any atom is 0.152 e. The Balaban J connectivity index is 2.30. The summed E-state index contributed by atoms with van der Waals surface area (Å²) in [6.45, 7) is 1.95. The molecule has 0 spiro atoms. The normalized spacial score (nSPS) is 12.2. The van der Waals surface area contributed by atoms with E-state index in [-0.39, 0.29) is 27.7 Å². The van der Waals surface area contributed by atoms with Gasteiger partial charge in [0.15, 0.2) is 5.75 Å². The zero-order valence-electron chi connectivity index (χ0n) is 10.8. The van der Waals surface area contributed by atoms with Gasteiger partial charge >= 0.3 is 0 Å². The lowest BCUT2D eigenvalue weighted by Gasteiger charge is -2.20. The second kappa shape index (κ2) is 6.33. The molecule has 0 aliphatic heterocycles. The van der Waals surface area contributed by atoms with Gasteiger partial charge < -0.3 is 10.4 Å². The van der Waals surface area contributed by atoms with E-state index < -0.39 is 0 Å². The number of phenols is 1. The van der Waals surface area contributed by atoms with Crippen molar-refractivity contribution in [2.45, 2.75) is 19.4 Å². The molecule has 0 saturated heterocycles. The highest BCUT2D eigenvalue weighted by Crippen LogP contribution is 2.36. The first-order valence-electron chi connectivity index (χ1n) is 6.22. The lowest BCUT2D eigenvalue weighted by molar-refractivity contribution is 0.476. The van der Waals surface area contributed by atoms with Crippen molar-refractivity contribution in [3.05, 3.63) is 57.8 Å². The molecule has 0 bridgehead atoms. The summed E-state index contributed by atoms with van der Waals surface area (Å²) in [5.41, 5.74) is 1.21. The van der Waals surface area contributed by atoms with Gasteiger partial charge in [-0.25, -0.2) is 4.39 Å². The number of hydrogen-bond donors (Lipinski definition) is 2. The number of halogens is 3. The third-order valence-electron chi connectivity index (χ3n) is 3.05. The predicted molar refractivity (Wildman–Crippen MR) is 81.2 cm³/mol. The molecule has 5 heteroatoms. The van der Waals surface area contributed by atoms with Crippen LogP contribution in [0.25, 0.3) is 0 Å². The van der Waals surface area contributed by atoms with Crippen molar-refractivity contribution >= 4 is 28.9 Å². The van der Waals surface area contributed by atoms with Gasteiger partial charge in [-0.1, -0.05) is 48.3 Å². The van der Waals surface area contributed by atoms with E-state index in [1.165, 1.54) is 6.07 Å². The number of hydrogen-bond acceptors (Lipinski definition) is 2. The van der Waals surface area contributed by atoms with Crippen LogP contribution in [0, 0.1) is 5.82 Å². The standard InChI is InChI=1S/C15H14Cl2FNO/c1-2-14(10-5-3-4-6-13(10)18)19-9-7-11(16)15(20)12(17)8-9/h3-8,14,19-20H,2H2,1H3. The fourth-order valence-electron chi connectivity index (χ4n) is 2.01. The van der Waals surface area contributed by atoms with Crippen LogP contribution in [-0.4, -0.2) is 5.11 Å². The summed E-state index contributed by atoms with van der Waals surface area (Å²) in [6, 6.07) is 9.53. The number of aromatic hydroxyl groups is 1. The first kappa shape index (κ1) is 14.9. The molecule has 1 unspecified atom stereocenters. The third-order valence-corrected chi connectivity index (χ3v) is 3.62. The van der Waals surface area contributed by atoms with Gasteiger partial charge in [0.1, 0.15) is 5.82 Å². The van der Waals surface area contributed by atoms with Crippen LogP contribution in [0.2, 0.25) is 10.0 Å². The molecule has 0 aliphatic carbocycles. The highest BCUT2D eigenvalue weighted by Gasteiger charge is 2.15. The zero-order valence-corrected chi connectivity index (χ0v) is 12.3. The summed E-state index contributed by atoms with van der Waals surface area (Å²) in [6.07, 6.45) is 0.692. The van der Waals surface area contributed by atoms with Crippen LogP contribution in [0.3, 0.4) is 0 Å². The fourth-order valence-corrected chi connectivity index (χ4v) is 2.49. The number of rotatable bonds is 4. The molecule has 2 aromatic carbocycles. The number of phenolic OH excluding ortho intramolecular Hbond substituents is 1. The van der Waals surface area contributed by atoms with Crippen LogP contribution in [0.4, 0.5) is 10.1 Å². The van der Waals surface area contributed by atoms with Crippen molar-refractivity contribution in [2.75, 3.05) is 5.32 Å². The van der Waals surface area contributed by atoms with E-state index in [1.54, 1.807) is 30.3 Å². The van der Waals surface area contributed by atoms with E-state index in [0.717, 1.165) is 0 Å². The number of nitrogens with one attached hydrogen (secondary N) is 1. The van der Waals surface area contributed by atoms with Gasteiger partial charge in [0, 0.05) is 11.3 Å². The first-order chi connectivity index (χ1) is 9.52. The molecule has 2 rings (SSSR count). The Morgan fingerprint density at radius 3 is 2.35 bits per heavy atom. The first-order valence-corrected chi connectivity index (χ1v) is 6.97. The van der Waals surface area contributed by atoms with Gasteiger partial charge in [0.2, 0.25) is 0 Å². The maximum absolute atomic E-state index is 13.8. The van der Waals surface area contributed by atoms with Crippen molar-refractivity contribution in [1.29, 1.82) is 0 Å². The lowest BCUT2D eigenvalue weighted by atomic mass is 10.0. The summed E-state index contributed by atoms with van der Waals surface area (Å²) in [5, 5.41) is 13.0. The van der Waals surface area contributed by atoms with Gasteiger partial charge in [-0.05, 0) is 24.6 Å². The van der Waals surface area contributed by atoms with Gasteiger partial charge in [0.05, 0.1) is 16.1 Å². The molecule has 2 N–H and O–H groups in total. The van der Waals surface area contributed by atoms with Crippen molar-refractivity contribution in [2.24, 2.45) is 0 Å². The van der Waals surface area contributed by atoms with Crippen LogP contribution < -0.4 is 5.32 Å². The van der Waals surface area contributed by atoms with Crippen LogP contribution in [0.1, 0.15) is 24.9 Å². The molecule has 1 atom stereocenters. The average Bonchev–Trinajstić information content (AvgIpc) is 2.43. The Morgan fingerprint density at radius 2 is 1.80 bits per heavy atom. The Kier molecular flexibility index (Phi) is 4.73. The van der Waals surface area contributed by atoms with Gasteiger partial charge in [0.25, 0.3) is 0 Å². The van der Waals surface area contributed by atoms with E-state index in [0.29, 0.717) is 17.7 Å². The van der Waals surface area contributed by atoms with Gasteiger partial charge in [-0.3, -0.25) is 0 Å². The van der Waals surface area contributed by atoms with E-state index in [9.17, 15) is 9.50 Å². The van der Waals surface area contributed by atoms with Crippen LogP contribution in [0.15, 0.2) is 36.4 Å². The monoisotopic (exact) mass is 313 g/mol. The zero-order chi connectivity index (χ0) is 14.7. The van der Waals surface area contributed by atoms with E-state index in [1.807, 2.05) is 6.92 Å². The maximum atomic E-state index is 13.8. The second-order valence-electron chi connectivity index (χ2n) is 4.42. The Hall–Kier alpha value is -1.45. The highest BCUT2D eigenvalue weighted by molar-refractivity contribution is 6.37. The third kappa shape index (κ3) is 3.17. The number of anilines is 1. The van der Waals surface area contributed by atoms with Gasteiger partial charge in [-0.2, -0.15) is 0 Å². The van der Waals surface area contributed by atoms with Crippen LogP contribution >= 0.6 is 23.2 Å². The van der Waals surface area contributed by atoms with E-state index >= 15 is 0 Å². The topological polar surface area (TPSA) is 32.3 Å². The van der Waals surface area contributed by atoms with Crippen molar-refractivity contribution in [1.82, 2.24) is 0 Å². The minimum absolute atomic E-state index is 0.155. The Bertz CT molecular complexity index is 596. The fraction of sp³-hybridized carbons (Fsp3) is 0.200. The minimum Gasteiger partial charge on any atom is -0.505 e. The summed E-state index contributed by atoms with van der Waals surface area (Å²) >= 11 is 11.7. The predicted octanol–water partition coefficient (Wildman–Crippen LogP) is 5.40. The highest BCUT2D eigenvalue weighted by atomic mass is 35.5. The average molecular weight is 314 g/mol. The summed E-state index contributed by atoms with van der Waals surface area (Å²) in [7, 11) is 0. The second-order valence-corrected chi connectivity index (χ2v) is 5.23. The smallest absolute Gasteiger partial charge is 0.152 e. The SMILES string of the molecule is CCC(Nc1cc(Cl)c(O)c(Cl)c1)c1ccccc1F. The largest absolute Gasteiger partial charge is 0.505 e. The molecule has 106 valence electrons. The molecule has 2 nitrogen and oxygen atoms in total. The quantitative estimate of drug-likeness (QED) is 0.740. The molecule has 0 radical (unpaired) electrons. The van der Waals surface area contributed by atoms with Crippen LogP contribution in [0.5, 0.6) is 5.75 Å². The van der Waals surface area contributed by atoms with Gasteiger partial charge in [-0.15, -0.1) is 0 Å². The minimum atomic E-state index is -0.261. The molecule has 0 aromatic heterocycles. The van der Waals surface area contributed by atoms with E-state index in [4.69, 9.17) is 23.2 Å².